The molecule has 0 amide bonds. The molecule has 19 heavy (non-hydrogen) atoms. The van der Waals surface area contributed by atoms with Crippen molar-refractivity contribution in [1.29, 1.82) is 0 Å². The lowest BCUT2D eigenvalue weighted by Crippen LogP contribution is -2.22. The monoisotopic (exact) mass is 277 g/mol. The van der Waals surface area contributed by atoms with Crippen LogP contribution in [0, 0.1) is 0 Å². The second-order valence-corrected chi connectivity index (χ2v) is 5.82. The molecule has 1 atom stereocenters. The van der Waals surface area contributed by atoms with Crippen molar-refractivity contribution in [3.05, 3.63) is 34.1 Å². The van der Waals surface area contributed by atoms with Crippen LogP contribution < -0.4 is 0 Å². The summed E-state index contributed by atoms with van der Waals surface area (Å²) in [4.78, 5) is 6.91. The van der Waals surface area contributed by atoms with Crippen LogP contribution in [0.4, 0.5) is 0 Å². The Morgan fingerprint density at radius 2 is 2.47 bits per heavy atom. The van der Waals surface area contributed by atoms with E-state index in [-0.39, 0.29) is 0 Å². The Hall–Kier alpha value is -1.20. The van der Waals surface area contributed by atoms with Gasteiger partial charge in [-0.15, -0.1) is 0 Å². The minimum atomic E-state index is 0.521. The number of nitrogens with zero attached hydrogens (tertiary/aromatic N) is 3. The fourth-order valence-electron chi connectivity index (χ4n) is 2.71. The number of thiophene rings is 1. The van der Waals surface area contributed by atoms with Crippen molar-refractivity contribution in [2.75, 3.05) is 6.54 Å². The summed E-state index contributed by atoms with van der Waals surface area (Å²) in [5.41, 5.74) is 1.43. The van der Waals surface area contributed by atoms with Gasteiger partial charge in [0.25, 0.3) is 0 Å². The molecule has 0 aromatic carbocycles. The van der Waals surface area contributed by atoms with E-state index in [2.05, 4.69) is 38.8 Å². The summed E-state index contributed by atoms with van der Waals surface area (Å²) in [7, 11) is 0. The Kier molecular flexibility index (Phi) is 3.94. The molecule has 0 spiro atoms. The van der Waals surface area contributed by atoms with E-state index in [1.165, 1.54) is 18.4 Å². The van der Waals surface area contributed by atoms with Gasteiger partial charge in [0.15, 0.2) is 5.82 Å². The number of hydrogen-bond acceptors (Lipinski definition) is 5. The summed E-state index contributed by atoms with van der Waals surface area (Å²) in [6.07, 6.45) is 4.43. The van der Waals surface area contributed by atoms with Crippen LogP contribution in [-0.2, 0) is 13.0 Å². The Morgan fingerprint density at radius 1 is 1.53 bits per heavy atom. The van der Waals surface area contributed by atoms with E-state index in [0.717, 1.165) is 37.6 Å². The highest BCUT2D eigenvalue weighted by atomic mass is 32.1. The molecule has 1 fully saturated rings. The molecule has 2 aromatic rings. The summed E-state index contributed by atoms with van der Waals surface area (Å²) in [6, 6.07) is 2.75. The third-order valence-corrected chi connectivity index (χ3v) is 4.32. The molecule has 5 heteroatoms. The van der Waals surface area contributed by atoms with Gasteiger partial charge >= 0.3 is 0 Å². The number of aromatic nitrogens is 2. The second-order valence-electron chi connectivity index (χ2n) is 5.04. The Morgan fingerprint density at radius 3 is 3.26 bits per heavy atom. The zero-order valence-electron chi connectivity index (χ0n) is 11.2. The van der Waals surface area contributed by atoms with Crippen molar-refractivity contribution in [1.82, 2.24) is 15.0 Å². The highest BCUT2D eigenvalue weighted by Gasteiger charge is 2.27. The van der Waals surface area contributed by atoms with Crippen molar-refractivity contribution in [3.8, 4) is 0 Å². The summed E-state index contributed by atoms with van der Waals surface area (Å²) >= 11 is 1.77. The van der Waals surface area contributed by atoms with E-state index in [4.69, 9.17) is 4.52 Å². The molecule has 102 valence electrons. The molecule has 3 heterocycles. The lowest BCUT2D eigenvalue weighted by Gasteiger charge is -2.21. The smallest absolute Gasteiger partial charge is 0.240 e. The maximum Gasteiger partial charge on any atom is 0.240 e. The first-order chi connectivity index (χ1) is 9.36. The SMILES string of the molecule is CCCc1noc(CN2CCC[C@@H]2c2ccsc2)n1. The van der Waals surface area contributed by atoms with Crippen molar-refractivity contribution in [3.63, 3.8) is 0 Å². The molecular weight excluding hydrogens is 258 g/mol. The van der Waals surface area contributed by atoms with Crippen LogP contribution in [0.25, 0.3) is 0 Å². The molecule has 0 N–H and O–H groups in total. The zero-order valence-corrected chi connectivity index (χ0v) is 12.0. The molecule has 3 rings (SSSR count). The molecule has 4 nitrogen and oxygen atoms in total. The minimum Gasteiger partial charge on any atom is -0.338 e. The van der Waals surface area contributed by atoms with Gasteiger partial charge in [-0.2, -0.15) is 16.3 Å². The molecule has 2 aromatic heterocycles. The molecule has 0 saturated carbocycles. The van der Waals surface area contributed by atoms with E-state index in [0.29, 0.717) is 6.04 Å². The number of rotatable bonds is 5. The standard InChI is InChI=1S/C14H19N3OS/c1-2-4-13-15-14(18-16-13)9-17-7-3-5-12(17)11-6-8-19-10-11/h6,8,10,12H,2-5,7,9H2,1H3/t12-/m1/s1. The van der Waals surface area contributed by atoms with Crippen LogP contribution >= 0.6 is 11.3 Å². The first-order valence-electron chi connectivity index (χ1n) is 6.94. The fraction of sp³-hybridized carbons (Fsp3) is 0.571. The molecule has 1 aliphatic rings. The van der Waals surface area contributed by atoms with Gasteiger partial charge in [-0.05, 0) is 48.2 Å². The van der Waals surface area contributed by atoms with Crippen LogP contribution in [0.5, 0.6) is 0 Å². The molecule has 0 bridgehead atoms. The summed E-state index contributed by atoms with van der Waals surface area (Å²) in [5.74, 6) is 1.59. The van der Waals surface area contributed by atoms with Gasteiger partial charge in [0, 0.05) is 12.5 Å². The third-order valence-electron chi connectivity index (χ3n) is 3.61. The average molecular weight is 277 g/mol. The minimum absolute atomic E-state index is 0.521. The lowest BCUT2D eigenvalue weighted by atomic mass is 10.1. The zero-order chi connectivity index (χ0) is 13.1. The van der Waals surface area contributed by atoms with Gasteiger partial charge in [-0.3, -0.25) is 4.90 Å². The normalized spacial score (nSPS) is 20.2. The maximum atomic E-state index is 5.34. The van der Waals surface area contributed by atoms with Gasteiger partial charge in [0.05, 0.1) is 6.54 Å². The first kappa shape index (κ1) is 12.8. The Labute approximate surface area is 117 Å². The average Bonchev–Trinajstić information content (AvgIpc) is 3.11. The molecule has 0 radical (unpaired) electrons. The Bertz CT molecular complexity index is 509. The predicted molar refractivity (Wildman–Crippen MR) is 75.0 cm³/mol. The summed E-state index contributed by atoms with van der Waals surface area (Å²) in [5, 5.41) is 8.43. The molecular formula is C14H19N3OS. The summed E-state index contributed by atoms with van der Waals surface area (Å²) < 4.78 is 5.34. The fourth-order valence-corrected chi connectivity index (χ4v) is 3.42. The van der Waals surface area contributed by atoms with E-state index >= 15 is 0 Å². The molecule has 1 saturated heterocycles. The van der Waals surface area contributed by atoms with Gasteiger partial charge in [-0.25, -0.2) is 0 Å². The predicted octanol–water partition coefficient (Wildman–Crippen LogP) is 3.42. The van der Waals surface area contributed by atoms with Gasteiger partial charge in [0.1, 0.15) is 0 Å². The van der Waals surface area contributed by atoms with E-state index in [9.17, 15) is 0 Å². The highest BCUT2D eigenvalue weighted by molar-refractivity contribution is 7.07. The molecule has 0 aliphatic carbocycles. The third kappa shape index (κ3) is 2.87. The largest absolute Gasteiger partial charge is 0.338 e. The van der Waals surface area contributed by atoms with Gasteiger partial charge < -0.3 is 4.52 Å². The molecule has 0 unspecified atom stereocenters. The van der Waals surface area contributed by atoms with Crippen LogP contribution in [0.1, 0.15) is 49.5 Å². The van der Waals surface area contributed by atoms with E-state index < -0.39 is 0 Å². The molecule has 1 aliphatic heterocycles. The van der Waals surface area contributed by atoms with Crippen LogP contribution in [0.15, 0.2) is 21.3 Å². The van der Waals surface area contributed by atoms with E-state index in [1.807, 2.05) is 0 Å². The van der Waals surface area contributed by atoms with Crippen molar-refractivity contribution < 1.29 is 4.52 Å². The van der Waals surface area contributed by atoms with Crippen molar-refractivity contribution in [2.24, 2.45) is 0 Å². The van der Waals surface area contributed by atoms with E-state index in [1.54, 1.807) is 11.3 Å². The maximum absolute atomic E-state index is 5.34. The second kappa shape index (κ2) is 5.84. The van der Waals surface area contributed by atoms with Crippen molar-refractivity contribution in [2.45, 2.75) is 45.2 Å². The highest BCUT2D eigenvalue weighted by Crippen LogP contribution is 2.33. The van der Waals surface area contributed by atoms with Gasteiger partial charge in [0.2, 0.25) is 5.89 Å². The topological polar surface area (TPSA) is 42.2 Å². The van der Waals surface area contributed by atoms with Crippen molar-refractivity contribution >= 4 is 11.3 Å². The number of hydrogen-bond donors (Lipinski definition) is 0. The van der Waals surface area contributed by atoms with Gasteiger partial charge in [-0.1, -0.05) is 12.1 Å². The Balaban J connectivity index is 1.67. The first-order valence-corrected chi connectivity index (χ1v) is 7.88. The number of aryl methyl sites for hydroxylation is 1. The number of likely N-dealkylation sites (tertiary alicyclic amines) is 1. The summed E-state index contributed by atoms with van der Waals surface area (Å²) in [6.45, 7) is 4.02. The van der Waals surface area contributed by atoms with Crippen LogP contribution in [0.2, 0.25) is 0 Å². The lowest BCUT2D eigenvalue weighted by molar-refractivity contribution is 0.212. The van der Waals surface area contributed by atoms with Crippen LogP contribution in [-0.4, -0.2) is 21.6 Å². The quantitative estimate of drug-likeness (QED) is 0.840. The van der Waals surface area contributed by atoms with Crippen LogP contribution in [0.3, 0.4) is 0 Å².